The summed E-state index contributed by atoms with van der Waals surface area (Å²) in [6.45, 7) is 4.21. The standard InChI is InChI=1S/C30H22N3O/c1-18-13-15-33(3)25(16-18)26-19(2)9-11-22-23-12-10-21(17-31)27(30(23)34-29(22)26)24-8-4-6-20-7-5-14-32-28(20)24/h4-16H,1-3H3/q+1. The van der Waals surface area contributed by atoms with Crippen LogP contribution >= 0.6 is 0 Å². The van der Waals surface area contributed by atoms with E-state index >= 15 is 0 Å². The predicted octanol–water partition coefficient (Wildman–Crippen LogP) is 6.78. The van der Waals surface area contributed by atoms with E-state index in [2.05, 4.69) is 67.0 Å². The number of rotatable bonds is 2. The first-order valence-electron chi connectivity index (χ1n) is 11.3. The Morgan fingerprint density at radius 3 is 2.47 bits per heavy atom. The van der Waals surface area contributed by atoms with Crippen molar-refractivity contribution < 1.29 is 8.98 Å². The molecule has 6 aromatic rings. The zero-order chi connectivity index (χ0) is 23.4. The number of aryl methyl sites for hydroxylation is 3. The van der Waals surface area contributed by atoms with Crippen LogP contribution in [0.3, 0.4) is 0 Å². The van der Waals surface area contributed by atoms with Gasteiger partial charge in [-0.2, -0.15) is 5.26 Å². The van der Waals surface area contributed by atoms with Gasteiger partial charge in [-0.3, -0.25) is 4.98 Å². The van der Waals surface area contributed by atoms with Gasteiger partial charge in [0.15, 0.2) is 6.20 Å². The molecule has 0 fully saturated rings. The monoisotopic (exact) mass is 440 g/mol. The highest BCUT2D eigenvalue weighted by atomic mass is 16.3. The third-order valence-electron chi connectivity index (χ3n) is 6.60. The molecular weight excluding hydrogens is 418 g/mol. The minimum absolute atomic E-state index is 0.573. The highest BCUT2D eigenvalue weighted by Crippen LogP contribution is 2.43. The van der Waals surface area contributed by atoms with Gasteiger partial charge in [0, 0.05) is 45.6 Å². The Balaban J connectivity index is 1.77. The molecule has 0 bridgehead atoms. The second-order valence-corrected chi connectivity index (χ2v) is 8.79. The molecule has 0 spiro atoms. The maximum atomic E-state index is 10.0. The van der Waals surface area contributed by atoms with E-state index in [4.69, 9.17) is 4.42 Å². The van der Waals surface area contributed by atoms with Gasteiger partial charge in [0.1, 0.15) is 18.2 Å². The zero-order valence-electron chi connectivity index (χ0n) is 19.3. The fraction of sp³-hybridized carbons (Fsp3) is 0.100. The average Bonchev–Trinajstić information content (AvgIpc) is 3.23. The number of hydrogen-bond donors (Lipinski definition) is 0. The Kier molecular flexibility index (Phi) is 4.46. The van der Waals surface area contributed by atoms with Crippen molar-refractivity contribution in [2.24, 2.45) is 7.05 Å². The summed E-state index contributed by atoms with van der Waals surface area (Å²) in [6, 6.07) is 24.8. The van der Waals surface area contributed by atoms with Crippen molar-refractivity contribution in [1.82, 2.24) is 4.98 Å². The first-order valence-corrected chi connectivity index (χ1v) is 11.3. The first kappa shape index (κ1) is 20.1. The molecule has 6 rings (SSSR count). The highest BCUT2D eigenvalue weighted by molar-refractivity contribution is 6.15. The van der Waals surface area contributed by atoms with Crippen LogP contribution in [-0.2, 0) is 7.05 Å². The normalized spacial score (nSPS) is 11.4. The number of benzene rings is 3. The van der Waals surface area contributed by atoms with Crippen LogP contribution < -0.4 is 4.57 Å². The lowest BCUT2D eigenvalue weighted by Gasteiger charge is -2.08. The molecule has 0 radical (unpaired) electrons. The van der Waals surface area contributed by atoms with Gasteiger partial charge in [-0.25, -0.2) is 4.57 Å². The third-order valence-corrected chi connectivity index (χ3v) is 6.60. The van der Waals surface area contributed by atoms with E-state index in [1.165, 1.54) is 5.56 Å². The van der Waals surface area contributed by atoms with Crippen LogP contribution in [0.2, 0.25) is 0 Å². The average molecular weight is 441 g/mol. The van der Waals surface area contributed by atoms with Crippen molar-refractivity contribution in [3.63, 3.8) is 0 Å². The van der Waals surface area contributed by atoms with Crippen LogP contribution in [0.15, 0.2) is 83.5 Å². The molecule has 0 atom stereocenters. The molecule has 34 heavy (non-hydrogen) atoms. The van der Waals surface area contributed by atoms with Crippen LogP contribution in [0.1, 0.15) is 16.7 Å². The number of aromatic nitrogens is 2. The van der Waals surface area contributed by atoms with E-state index in [1.807, 2.05) is 42.5 Å². The minimum Gasteiger partial charge on any atom is -0.454 e. The molecule has 3 aromatic carbocycles. The smallest absolute Gasteiger partial charge is 0.216 e. The summed E-state index contributed by atoms with van der Waals surface area (Å²) < 4.78 is 8.82. The maximum absolute atomic E-state index is 10.0. The van der Waals surface area contributed by atoms with Gasteiger partial charge in [0.25, 0.3) is 0 Å². The summed E-state index contributed by atoms with van der Waals surface area (Å²) in [5, 5.41) is 13.1. The van der Waals surface area contributed by atoms with Crippen LogP contribution in [-0.4, -0.2) is 4.98 Å². The topological polar surface area (TPSA) is 53.7 Å². The van der Waals surface area contributed by atoms with Crippen LogP contribution in [0, 0.1) is 25.2 Å². The lowest BCUT2D eigenvalue weighted by Crippen LogP contribution is -2.30. The minimum atomic E-state index is 0.573. The molecule has 4 nitrogen and oxygen atoms in total. The van der Waals surface area contributed by atoms with Crippen molar-refractivity contribution in [2.75, 3.05) is 0 Å². The van der Waals surface area contributed by atoms with Crippen molar-refractivity contribution in [2.45, 2.75) is 13.8 Å². The van der Waals surface area contributed by atoms with Gasteiger partial charge in [-0.15, -0.1) is 0 Å². The van der Waals surface area contributed by atoms with Gasteiger partial charge in [-0.1, -0.05) is 36.4 Å². The second kappa shape index (κ2) is 7.54. The van der Waals surface area contributed by atoms with Gasteiger partial charge in [-0.05, 0) is 43.2 Å². The van der Waals surface area contributed by atoms with E-state index in [1.54, 1.807) is 6.20 Å². The molecule has 3 heterocycles. The summed E-state index contributed by atoms with van der Waals surface area (Å²) in [5.74, 6) is 0. The Hall–Kier alpha value is -4.49. The van der Waals surface area contributed by atoms with Gasteiger partial charge in [0.2, 0.25) is 5.69 Å². The number of para-hydroxylation sites is 1. The van der Waals surface area contributed by atoms with Crippen LogP contribution in [0.4, 0.5) is 0 Å². The summed E-state index contributed by atoms with van der Waals surface area (Å²) in [5.41, 5.74) is 9.17. The fourth-order valence-corrected chi connectivity index (χ4v) is 4.91. The van der Waals surface area contributed by atoms with Gasteiger partial charge < -0.3 is 4.42 Å². The highest BCUT2D eigenvalue weighted by Gasteiger charge is 2.23. The molecule has 4 heteroatoms. The first-order chi connectivity index (χ1) is 16.6. The van der Waals surface area contributed by atoms with E-state index in [-0.39, 0.29) is 0 Å². The number of nitriles is 1. The zero-order valence-corrected chi connectivity index (χ0v) is 19.3. The second-order valence-electron chi connectivity index (χ2n) is 8.79. The van der Waals surface area contributed by atoms with E-state index in [0.29, 0.717) is 11.1 Å². The number of hydrogen-bond acceptors (Lipinski definition) is 3. The van der Waals surface area contributed by atoms with Crippen molar-refractivity contribution in [3.05, 3.63) is 95.8 Å². The van der Waals surface area contributed by atoms with Crippen molar-refractivity contribution in [1.29, 1.82) is 5.26 Å². The molecule has 0 aliphatic carbocycles. The molecule has 0 aliphatic rings. The quantitative estimate of drug-likeness (QED) is 0.279. The van der Waals surface area contributed by atoms with Crippen molar-refractivity contribution in [3.8, 4) is 28.5 Å². The predicted molar refractivity (Wildman–Crippen MR) is 135 cm³/mol. The number of furan rings is 1. The van der Waals surface area contributed by atoms with Crippen LogP contribution in [0.5, 0.6) is 0 Å². The maximum Gasteiger partial charge on any atom is 0.216 e. The van der Waals surface area contributed by atoms with E-state index < -0.39 is 0 Å². The number of fused-ring (bicyclic) bond motifs is 4. The molecule has 0 aliphatic heterocycles. The molecule has 0 N–H and O–H groups in total. The van der Waals surface area contributed by atoms with E-state index in [9.17, 15) is 5.26 Å². The number of pyridine rings is 2. The molecule has 0 unspecified atom stereocenters. The van der Waals surface area contributed by atoms with Crippen LogP contribution in [0.25, 0.3) is 55.2 Å². The molecular formula is C30H22N3O+. The summed E-state index contributed by atoms with van der Waals surface area (Å²) in [7, 11) is 2.05. The SMILES string of the molecule is Cc1cc[n+](C)c(-c2c(C)ccc3c2oc2c(-c4cccc5cccnc45)c(C#N)ccc23)c1. The molecule has 0 saturated carbocycles. The molecule has 3 aromatic heterocycles. The molecule has 0 amide bonds. The fourth-order valence-electron chi connectivity index (χ4n) is 4.91. The molecule has 162 valence electrons. The lowest BCUT2D eigenvalue weighted by atomic mass is 9.94. The van der Waals surface area contributed by atoms with Gasteiger partial charge in [0.05, 0.1) is 22.7 Å². The lowest BCUT2D eigenvalue weighted by molar-refractivity contribution is -0.660. The molecule has 0 saturated heterocycles. The Labute approximate surface area is 197 Å². The van der Waals surface area contributed by atoms with Gasteiger partial charge >= 0.3 is 0 Å². The van der Waals surface area contributed by atoms with Crippen molar-refractivity contribution >= 4 is 32.8 Å². The Morgan fingerprint density at radius 2 is 1.65 bits per heavy atom. The Bertz CT molecular complexity index is 1800. The van der Waals surface area contributed by atoms with E-state index in [0.717, 1.165) is 55.2 Å². The number of nitrogens with zero attached hydrogens (tertiary/aromatic N) is 3. The Morgan fingerprint density at radius 1 is 0.882 bits per heavy atom. The summed E-state index contributed by atoms with van der Waals surface area (Å²) in [6.07, 6.45) is 3.86. The summed E-state index contributed by atoms with van der Waals surface area (Å²) >= 11 is 0. The largest absolute Gasteiger partial charge is 0.454 e. The third kappa shape index (κ3) is 2.91. The summed E-state index contributed by atoms with van der Waals surface area (Å²) in [4.78, 5) is 4.64.